The summed E-state index contributed by atoms with van der Waals surface area (Å²) < 4.78 is 18.8. The molecule has 0 bridgehead atoms. The minimum Gasteiger partial charge on any atom is -0.474 e. The molecule has 0 saturated heterocycles. The maximum absolute atomic E-state index is 13.0. The summed E-state index contributed by atoms with van der Waals surface area (Å²) >= 11 is 5.80. The number of carbonyl (C=O) groups excluding carboxylic acids is 1. The Bertz CT molecular complexity index is 790. The summed E-state index contributed by atoms with van der Waals surface area (Å²) in [5, 5.41) is 0. The van der Waals surface area contributed by atoms with Gasteiger partial charge in [-0.25, -0.2) is 9.37 Å². The first-order chi connectivity index (χ1) is 11.6. The maximum atomic E-state index is 13.0. The number of pyridine rings is 1. The Morgan fingerprint density at radius 3 is 2.71 bits per heavy atom. The molecule has 1 aromatic carbocycles. The van der Waals surface area contributed by atoms with Crippen LogP contribution < -0.4 is 9.64 Å². The number of ether oxygens (including phenoxy) is 1. The minimum absolute atomic E-state index is 0.0661. The van der Waals surface area contributed by atoms with Gasteiger partial charge in [0, 0.05) is 6.20 Å². The van der Waals surface area contributed by atoms with E-state index in [0.717, 1.165) is 24.0 Å². The first-order valence-corrected chi connectivity index (χ1v) is 8.40. The lowest BCUT2D eigenvalue weighted by Gasteiger charge is -2.36. The van der Waals surface area contributed by atoms with Crippen LogP contribution in [0.3, 0.4) is 0 Å². The molecule has 124 valence electrons. The molecule has 1 spiro atoms. The van der Waals surface area contributed by atoms with Crippen molar-refractivity contribution >= 4 is 23.2 Å². The van der Waals surface area contributed by atoms with E-state index in [1.807, 2.05) is 6.07 Å². The van der Waals surface area contributed by atoms with Crippen LogP contribution in [-0.4, -0.2) is 28.9 Å². The van der Waals surface area contributed by atoms with E-state index >= 15 is 0 Å². The zero-order chi connectivity index (χ0) is 16.7. The number of rotatable bonds is 3. The van der Waals surface area contributed by atoms with Crippen molar-refractivity contribution in [1.82, 2.24) is 4.98 Å². The highest BCUT2D eigenvalue weighted by molar-refractivity contribution is 6.29. The Morgan fingerprint density at radius 1 is 1.29 bits per heavy atom. The zero-order valence-electron chi connectivity index (χ0n) is 13.0. The van der Waals surface area contributed by atoms with Gasteiger partial charge in [0.05, 0.1) is 5.54 Å². The lowest BCUT2D eigenvalue weighted by Crippen LogP contribution is -2.49. The number of hydrogen-bond acceptors (Lipinski definition) is 3. The Hall–Kier alpha value is -2.14. The van der Waals surface area contributed by atoms with Crippen molar-refractivity contribution < 1.29 is 13.9 Å². The van der Waals surface area contributed by atoms with Gasteiger partial charge in [0.1, 0.15) is 24.0 Å². The van der Waals surface area contributed by atoms with Gasteiger partial charge in [0.15, 0.2) is 0 Å². The number of carbonyl (C=O) groups is 1. The molecule has 2 aromatic rings. The summed E-state index contributed by atoms with van der Waals surface area (Å²) in [5.74, 6) is 0.0159. The second kappa shape index (κ2) is 5.74. The van der Waals surface area contributed by atoms with Gasteiger partial charge in [0.25, 0.3) is 0 Å². The summed E-state index contributed by atoms with van der Waals surface area (Å²) in [4.78, 5) is 18.5. The van der Waals surface area contributed by atoms with E-state index in [1.165, 1.54) is 12.1 Å². The third kappa shape index (κ3) is 2.63. The van der Waals surface area contributed by atoms with Crippen LogP contribution in [0.4, 0.5) is 10.1 Å². The minimum atomic E-state index is -0.259. The van der Waals surface area contributed by atoms with Crippen molar-refractivity contribution in [2.75, 3.05) is 17.4 Å². The van der Waals surface area contributed by atoms with Crippen LogP contribution in [0, 0.1) is 5.82 Å². The predicted molar refractivity (Wildman–Crippen MR) is 89.1 cm³/mol. The van der Waals surface area contributed by atoms with Gasteiger partial charge in [-0.15, -0.1) is 11.6 Å². The van der Waals surface area contributed by atoms with E-state index in [0.29, 0.717) is 24.6 Å². The molecule has 1 amide bonds. The lowest BCUT2D eigenvalue weighted by molar-refractivity contribution is -0.117. The summed E-state index contributed by atoms with van der Waals surface area (Å²) in [6.45, 7) is 0.465. The van der Waals surface area contributed by atoms with Crippen LogP contribution in [-0.2, 0) is 11.2 Å². The number of alkyl halides is 1. The fraction of sp³-hybridized carbons (Fsp3) is 0.333. The van der Waals surface area contributed by atoms with E-state index in [-0.39, 0.29) is 23.1 Å². The number of aromatic nitrogens is 1. The summed E-state index contributed by atoms with van der Waals surface area (Å²) in [5.41, 5.74) is 2.35. The van der Waals surface area contributed by atoms with Crippen molar-refractivity contribution in [1.29, 1.82) is 0 Å². The summed E-state index contributed by atoms with van der Waals surface area (Å²) in [6, 6.07) is 8.29. The smallest absolute Gasteiger partial charge is 0.242 e. The quantitative estimate of drug-likeness (QED) is 0.801. The Morgan fingerprint density at radius 2 is 2.04 bits per heavy atom. The molecule has 1 fully saturated rings. The molecular weight excluding hydrogens is 331 g/mol. The average molecular weight is 347 g/mol. The van der Waals surface area contributed by atoms with E-state index in [9.17, 15) is 9.18 Å². The van der Waals surface area contributed by atoms with Gasteiger partial charge in [-0.1, -0.05) is 12.1 Å². The standard InChI is InChI=1S/C18H16ClFN2O2/c19-9-16(23)22-15-8-13(7-12-1-3-14(20)4-2-12)10-21-17(15)24-11-18(22)5-6-18/h1-4,8,10H,5-7,9,11H2. The molecule has 24 heavy (non-hydrogen) atoms. The molecule has 0 radical (unpaired) electrons. The van der Waals surface area contributed by atoms with Gasteiger partial charge in [-0.2, -0.15) is 0 Å². The zero-order valence-corrected chi connectivity index (χ0v) is 13.7. The molecule has 1 aromatic heterocycles. The van der Waals surface area contributed by atoms with E-state index in [4.69, 9.17) is 16.3 Å². The highest BCUT2D eigenvalue weighted by Crippen LogP contribution is 2.50. The van der Waals surface area contributed by atoms with Crippen molar-refractivity contribution in [3.63, 3.8) is 0 Å². The van der Waals surface area contributed by atoms with Crippen LogP contribution in [0.2, 0.25) is 0 Å². The molecule has 1 aliphatic heterocycles. The van der Waals surface area contributed by atoms with Crippen LogP contribution in [0.5, 0.6) is 5.88 Å². The number of amides is 1. The van der Waals surface area contributed by atoms with Crippen LogP contribution in [0.1, 0.15) is 24.0 Å². The first kappa shape index (κ1) is 15.4. The molecule has 2 aliphatic rings. The van der Waals surface area contributed by atoms with E-state index in [1.54, 1.807) is 23.2 Å². The SMILES string of the molecule is O=C(CCl)N1c2cc(Cc3ccc(F)cc3)cnc2OCC12CC2. The predicted octanol–water partition coefficient (Wildman–Crippen LogP) is 3.31. The molecule has 4 rings (SSSR count). The van der Waals surface area contributed by atoms with Crippen molar-refractivity contribution in [2.45, 2.75) is 24.8 Å². The van der Waals surface area contributed by atoms with Crippen molar-refractivity contribution in [3.05, 3.63) is 53.5 Å². The Labute approximate surface area is 144 Å². The van der Waals surface area contributed by atoms with Crippen molar-refractivity contribution in [3.8, 4) is 5.88 Å². The van der Waals surface area contributed by atoms with Gasteiger partial charge in [-0.3, -0.25) is 9.69 Å². The second-order valence-electron chi connectivity index (χ2n) is 6.35. The first-order valence-electron chi connectivity index (χ1n) is 7.86. The van der Waals surface area contributed by atoms with Gasteiger partial charge in [-0.05, 0) is 48.6 Å². The number of halogens is 2. The van der Waals surface area contributed by atoms with Crippen molar-refractivity contribution in [2.24, 2.45) is 0 Å². The maximum Gasteiger partial charge on any atom is 0.242 e. The number of hydrogen-bond donors (Lipinski definition) is 0. The molecular formula is C18H16ClFN2O2. The number of fused-ring (bicyclic) bond motifs is 1. The fourth-order valence-electron chi connectivity index (χ4n) is 3.18. The van der Waals surface area contributed by atoms with Crippen LogP contribution in [0.15, 0.2) is 36.5 Å². The molecule has 0 unspecified atom stereocenters. The molecule has 1 aliphatic carbocycles. The highest BCUT2D eigenvalue weighted by atomic mass is 35.5. The fourth-order valence-corrected chi connectivity index (χ4v) is 3.30. The normalized spacial score (nSPS) is 17.3. The molecule has 6 heteroatoms. The number of anilines is 1. The van der Waals surface area contributed by atoms with Gasteiger partial charge >= 0.3 is 0 Å². The third-order valence-electron chi connectivity index (χ3n) is 4.59. The Balaban J connectivity index is 1.68. The van der Waals surface area contributed by atoms with E-state index < -0.39 is 0 Å². The summed E-state index contributed by atoms with van der Waals surface area (Å²) in [6.07, 6.45) is 4.17. The summed E-state index contributed by atoms with van der Waals surface area (Å²) in [7, 11) is 0. The molecule has 4 nitrogen and oxygen atoms in total. The average Bonchev–Trinajstić information content (AvgIpc) is 3.36. The highest BCUT2D eigenvalue weighted by Gasteiger charge is 2.54. The molecule has 0 N–H and O–H groups in total. The Kier molecular flexibility index (Phi) is 3.68. The largest absolute Gasteiger partial charge is 0.474 e. The van der Waals surface area contributed by atoms with Gasteiger partial charge in [0.2, 0.25) is 11.8 Å². The molecule has 0 atom stereocenters. The third-order valence-corrected chi connectivity index (χ3v) is 4.82. The monoisotopic (exact) mass is 346 g/mol. The molecule has 2 heterocycles. The topological polar surface area (TPSA) is 42.4 Å². The number of nitrogens with zero attached hydrogens (tertiary/aromatic N) is 2. The van der Waals surface area contributed by atoms with Crippen LogP contribution >= 0.6 is 11.6 Å². The number of benzene rings is 1. The van der Waals surface area contributed by atoms with Crippen LogP contribution in [0.25, 0.3) is 0 Å². The lowest BCUT2D eigenvalue weighted by atomic mass is 10.0. The second-order valence-corrected chi connectivity index (χ2v) is 6.61. The molecule has 1 saturated carbocycles. The van der Waals surface area contributed by atoms with Gasteiger partial charge < -0.3 is 4.74 Å². The van der Waals surface area contributed by atoms with E-state index in [2.05, 4.69) is 4.98 Å².